The zero-order valence-electron chi connectivity index (χ0n) is 15.1. The highest BCUT2D eigenvalue weighted by atomic mass is 35.5. The molecule has 0 aliphatic rings. The van der Waals surface area contributed by atoms with Gasteiger partial charge < -0.3 is 0 Å². The molecular weight excluding hydrogens is 384 g/mol. The second kappa shape index (κ2) is 8.21. The lowest BCUT2D eigenvalue weighted by Gasteiger charge is -2.21. The topological polar surface area (TPSA) is 76.9 Å². The van der Waals surface area contributed by atoms with E-state index in [9.17, 15) is 8.42 Å². The van der Waals surface area contributed by atoms with Crippen molar-refractivity contribution >= 4 is 21.6 Å². The van der Waals surface area contributed by atoms with Crippen molar-refractivity contribution in [2.24, 2.45) is 5.92 Å². The van der Waals surface area contributed by atoms with Crippen LogP contribution in [0.2, 0.25) is 5.02 Å². The molecular formula is C19H21ClN4O2S. The van der Waals surface area contributed by atoms with Gasteiger partial charge in [0.15, 0.2) is 0 Å². The molecule has 0 spiro atoms. The largest absolute Gasteiger partial charge is 0.240 e. The van der Waals surface area contributed by atoms with Crippen LogP contribution in [-0.2, 0) is 16.6 Å². The minimum Gasteiger partial charge on any atom is -0.207 e. The van der Waals surface area contributed by atoms with Crippen LogP contribution >= 0.6 is 11.6 Å². The first-order chi connectivity index (χ1) is 12.8. The Morgan fingerprint density at radius 1 is 1.04 bits per heavy atom. The van der Waals surface area contributed by atoms with Crippen LogP contribution in [0.4, 0.5) is 0 Å². The van der Waals surface area contributed by atoms with Crippen LogP contribution in [0.5, 0.6) is 0 Å². The summed E-state index contributed by atoms with van der Waals surface area (Å²) in [5.74, 6) is 0.0801. The number of aromatic nitrogens is 3. The maximum Gasteiger partial charge on any atom is 0.240 e. The highest BCUT2D eigenvalue weighted by molar-refractivity contribution is 7.89. The fourth-order valence-electron chi connectivity index (χ4n) is 2.66. The number of hydrogen-bond donors (Lipinski definition) is 1. The van der Waals surface area contributed by atoms with Gasteiger partial charge in [-0.3, -0.25) is 0 Å². The monoisotopic (exact) mass is 404 g/mol. The van der Waals surface area contributed by atoms with Gasteiger partial charge in [0.2, 0.25) is 10.0 Å². The Morgan fingerprint density at radius 3 is 2.30 bits per heavy atom. The van der Waals surface area contributed by atoms with E-state index in [0.717, 1.165) is 11.1 Å². The van der Waals surface area contributed by atoms with E-state index >= 15 is 0 Å². The van der Waals surface area contributed by atoms with E-state index in [2.05, 4.69) is 14.9 Å². The van der Waals surface area contributed by atoms with Gasteiger partial charge in [0, 0.05) is 11.1 Å². The lowest BCUT2D eigenvalue weighted by Crippen LogP contribution is -2.41. The van der Waals surface area contributed by atoms with E-state index in [0.29, 0.717) is 11.6 Å². The number of nitrogens with one attached hydrogen (secondary N) is 1. The summed E-state index contributed by atoms with van der Waals surface area (Å²) in [5, 5.41) is 8.74. The minimum absolute atomic E-state index is 0.0801. The summed E-state index contributed by atoms with van der Waals surface area (Å²) in [4.78, 5) is 1.70. The van der Waals surface area contributed by atoms with Crippen molar-refractivity contribution in [2.45, 2.75) is 31.3 Å². The summed E-state index contributed by atoms with van der Waals surface area (Å²) < 4.78 is 28.4. The summed E-state index contributed by atoms with van der Waals surface area (Å²) >= 11 is 6.03. The first-order valence-electron chi connectivity index (χ1n) is 8.57. The Bertz CT molecular complexity index is 987. The smallest absolute Gasteiger partial charge is 0.207 e. The third kappa shape index (κ3) is 4.94. The van der Waals surface area contributed by atoms with Crippen molar-refractivity contribution in [2.75, 3.05) is 0 Å². The normalized spacial score (nSPS) is 13.0. The van der Waals surface area contributed by atoms with Gasteiger partial charge in [-0.05, 0) is 41.3 Å². The molecule has 27 heavy (non-hydrogen) atoms. The third-order valence-corrected chi connectivity index (χ3v) is 6.00. The average molecular weight is 405 g/mol. The molecule has 3 rings (SSSR count). The first-order valence-corrected chi connectivity index (χ1v) is 10.4. The van der Waals surface area contributed by atoms with Crippen molar-refractivity contribution in [3.05, 3.63) is 65.9 Å². The van der Waals surface area contributed by atoms with Crippen LogP contribution in [0.15, 0.2) is 65.8 Å². The Hall–Kier alpha value is -2.22. The molecule has 1 heterocycles. The number of rotatable bonds is 7. The molecule has 1 aromatic heterocycles. The Balaban J connectivity index is 1.79. The molecule has 1 N–H and O–H groups in total. The van der Waals surface area contributed by atoms with E-state index < -0.39 is 10.0 Å². The standard InChI is InChI=1S/C19H21ClN4O2S/c1-14(2)19(13-24-21-10-11-22-24)23-27(25,26)18-8-6-15(7-9-18)16-4-3-5-17(20)12-16/h3-12,14,19,23H,13H2,1-2H3. The molecule has 2 aromatic carbocycles. The number of hydrogen-bond acceptors (Lipinski definition) is 4. The zero-order valence-corrected chi connectivity index (χ0v) is 16.7. The van der Waals surface area contributed by atoms with Crippen molar-refractivity contribution < 1.29 is 8.42 Å². The van der Waals surface area contributed by atoms with E-state index in [1.54, 1.807) is 42.7 Å². The molecule has 1 unspecified atom stereocenters. The Morgan fingerprint density at radius 2 is 1.70 bits per heavy atom. The number of halogens is 1. The number of benzene rings is 2. The van der Waals surface area contributed by atoms with E-state index in [1.165, 1.54) is 4.80 Å². The Kier molecular flexibility index (Phi) is 5.94. The van der Waals surface area contributed by atoms with E-state index in [-0.39, 0.29) is 16.9 Å². The molecule has 0 aliphatic heterocycles. The zero-order chi connectivity index (χ0) is 19.4. The third-order valence-electron chi connectivity index (χ3n) is 4.26. The molecule has 8 heteroatoms. The predicted octanol–water partition coefficient (Wildman–Crippen LogP) is 3.60. The molecule has 0 amide bonds. The van der Waals surface area contributed by atoms with Crippen LogP contribution < -0.4 is 4.72 Å². The van der Waals surface area contributed by atoms with Crippen molar-refractivity contribution in [3.63, 3.8) is 0 Å². The lowest BCUT2D eigenvalue weighted by molar-refractivity contribution is 0.361. The van der Waals surface area contributed by atoms with Crippen molar-refractivity contribution in [1.82, 2.24) is 19.7 Å². The van der Waals surface area contributed by atoms with Gasteiger partial charge in [0.05, 0.1) is 23.8 Å². The highest BCUT2D eigenvalue weighted by Gasteiger charge is 2.23. The number of sulfonamides is 1. The molecule has 0 radical (unpaired) electrons. The summed E-state index contributed by atoms with van der Waals surface area (Å²) in [6, 6.07) is 13.9. The van der Waals surface area contributed by atoms with Crippen molar-refractivity contribution in [1.29, 1.82) is 0 Å². The van der Waals surface area contributed by atoms with Crippen LogP contribution in [0.25, 0.3) is 11.1 Å². The first kappa shape index (κ1) is 19.5. The summed E-state index contributed by atoms with van der Waals surface area (Å²) in [6.07, 6.45) is 3.14. The fourth-order valence-corrected chi connectivity index (χ4v) is 4.23. The Labute approximate surface area is 164 Å². The minimum atomic E-state index is -3.66. The molecule has 1 atom stereocenters. The molecule has 6 nitrogen and oxygen atoms in total. The van der Waals surface area contributed by atoms with Gasteiger partial charge in [-0.2, -0.15) is 15.0 Å². The molecule has 3 aromatic rings. The van der Waals surface area contributed by atoms with E-state index in [4.69, 9.17) is 11.6 Å². The van der Waals surface area contributed by atoms with E-state index in [1.807, 2.05) is 32.0 Å². The van der Waals surface area contributed by atoms with Gasteiger partial charge in [-0.25, -0.2) is 13.1 Å². The molecule has 0 saturated heterocycles. The van der Waals surface area contributed by atoms with Gasteiger partial charge in [-0.15, -0.1) is 0 Å². The van der Waals surface area contributed by atoms with Crippen LogP contribution in [0, 0.1) is 5.92 Å². The van der Waals surface area contributed by atoms with Gasteiger partial charge in [0.25, 0.3) is 0 Å². The molecule has 0 aliphatic carbocycles. The molecule has 0 bridgehead atoms. The molecule has 0 fully saturated rings. The van der Waals surface area contributed by atoms with Gasteiger partial charge in [0.1, 0.15) is 0 Å². The second-order valence-electron chi connectivity index (χ2n) is 6.59. The summed E-state index contributed by atoms with van der Waals surface area (Å²) in [5.41, 5.74) is 1.84. The predicted molar refractivity (Wildman–Crippen MR) is 106 cm³/mol. The summed E-state index contributed by atoms with van der Waals surface area (Å²) in [6.45, 7) is 4.28. The maximum atomic E-state index is 12.8. The second-order valence-corrected chi connectivity index (χ2v) is 8.74. The SMILES string of the molecule is CC(C)C(Cn1nccn1)NS(=O)(=O)c1ccc(-c2cccc(Cl)c2)cc1. The van der Waals surface area contributed by atoms with Gasteiger partial charge >= 0.3 is 0 Å². The van der Waals surface area contributed by atoms with Crippen molar-refractivity contribution in [3.8, 4) is 11.1 Å². The summed E-state index contributed by atoms with van der Waals surface area (Å²) in [7, 11) is -3.66. The lowest BCUT2D eigenvalue weighted by atomic mass is 10.1. The quantitative estimate of drug-likeness (QED) is 0.652. The molecule has 142 valence electrons. The van der Waals surface area contributed by atoms with Crippen LogP contribution in [0.1, 0.15) is 13.8 Å². The van der Waals surface area contributed by atoms with Crippen LogP contribution in [-0.4, -0.2) is 29.5 Å². The maximum absolute atomic E-state index is 12.8. The fraction of sp³-hybridized carbons (Fsp3) is 0.263. The van der Waals surface area contributed by atoms with Gasteiger partial charge in [-0.1, -0.05) is 49.7 Å². The van der Waals surface area contributed by atoms with Crippen LogP contribution in [0.3, 0.4) is 0 Å². The average Bonchev–Trinajstić information content (AvgIpc) is 3.14. The molecule has 0 saturated carbocycles. The number of nitrogens with zero attached hydrogens (tertiary/aromatic N) is 3. The highest BCUT2D eigenvalue weighted by Crippen LogP contribution is 2.24.